The van der Waals surface area contributed by atoms with Crippen LogP contribution in [0.25, 0.3) is 0 Å². The third-order valence-electron chi connectivity index (χ3n) is 1.93. The number of carboxylic acid groups (broad SMARTS) is 2. The van der Waals surface area contributed by atoms with Crippen LogP contribution >= 0.6 is 31.9 Å². The molecule has 0 heterocycles. The van der Waals surface area contributed by atoms with Crippen molar-refractivity contribution in [1.82, 2.24) is 0 Å². The Kier molecular flexibility index (Phi) is 4.91. The molecule has 0 aromatic carbocycles. The number of aliphatic carboxylic acids is 2. The van der Waals surface area contributed by atoms with Gasteiger partial charge in [0.2, 0.25) is 0 Å². The second kappa shape index (κ2) is 4.95. The summed E-state index contributed by atoms with van der Waals surface area (Å²) in [7, 11) is 0. The van der Waals surface area contributed by atoms with Crippen molar-refractivity contribution in [2.24, 2.45) is 5.41 Å². The standard InChI is InChI=1S/C7H10Br2O4/c1-2-7(5(10)11,6(12)13)3-4(8)9/h4H,2-3H2,1H3,(H,10,11)(H,12,13). The smallest absolute Gasteiger partial charge is 0.321 e. The van der Waals surface area contributed by atoms with Crippen LogP contribution in [0.1, 0.15) is 19.8 Å². The first-order valence-electron chi connectivity index (χ1n) is 3.61. The van der Waals surface area contributed by atoms with E-state index in [1.807, 2.05) is 0 Å². The zero-order valence-corrected chi connectivity index (χ0v) is 10.1. The van der Waals surface area contributed by atoms with Gasteiger partial charge < -0.3 is 10.2 Å². The van der Waals surface area contributed by atoms with E-state index in [-0.39, 0.29) is 16.6 Å². The molecule has 0 radical (unpaired) electrons. The normalized spacial score (nSPS) is 11.7. The Morgan fingerprint density at radius 3 is 1.77 bits per heavy atom. The van der Waals surface area contributed by atoms with Gasteiger partial charge in [-0.15, -0.1) is 0 Å². The summed E-state index contributed by atoms with van der Waals surface area (Å²) in [6.45, 7) is 1.55. The third-order valence-corrected chi connectivity index (χ3v) is 2.57. The van der Waals surface area contributed by atoms with Gasteiger partial charge in [0, 0.05) is 0 Å². The molecule has 0 saturated carbocycles. The van der Waals surface area contributed by atoms with Crippen molar-refractivity contribution in [3.8, 4) is 0 Å². The summed E-state index contributed by atoms with van der Waals surface area (Å²) in [5, 5.41) is 17.6. The van der Waals surface area contributed by atoms with Gasteiger partial charge in [-0.3, -0.25) is 9.59 Å². The zero-order valence-electron chi connectivity index (χ0n) is 6.96. The van der Waals surface area contributed by atoms with Crippen LogP contribution < -0.4 is 0 Å². The summed E-state index contributed by atoms with van der Waals surface area (Å²) in [5.41, 5.74) is -1.70. The Morgan fingerprint density at radius 2 is 1.69 bits per heavy atom. The monoisotopic (exact) mass is 316 g/mol. The van der Waals surface area contributed by atoms with E-state index >= 15 is 0 Å². The van der Waals surface area contributed by atoms with Crippen LogP contribution in [-0.4, -0.2) is 25.9 Å². The first-order chi connectivity index (χ1) is 5.86. The van der Waals surface area contributed by atoms with Crippen molar-refractivity contribution < 1.29 is 19.8 Å². The van der Waals surface area contributed by atoms with Crippen LogP contribution in [0.15, 0.2) is 0 Å². The van der Waals surface area contributed by atoms with Crippen LogP contribution in [-0.2, 0) is 9.59 Å². The fourth-order valence-corrected chi connectivity index (χ4v) is 2.08. The molecule has 6 heteroatoms. The quantitative estimate of drug-likeness (QED) is 0.601. The SMILES string of the molecule is CCC(CC(Br)Br)(C(=O)O)C(=O)O. The average molecular weight is 318 g/mol. The molecule has 4 nitrogen and oxygen atoms in total. The third kappa shape index (κ3) is 2.95. The summed E-state index contributed by atoms with van der Waals surface area (Å²) < 4.78 is -0.313. The molecule has 0 aromatic rings. The van der Waals surface area contributed by atoms with Crippen molar-refractivity contribution in [3.63, 3.8) is 0 Å². The Balaban J connectivity index is 4.87. The fraction of sp³-hybridized carbons (Fsp3) is 0.714. The maximum Gasteiger partial charge on any atom is 0.321 e. The Hall–Kier alpha value is -0.100. The van der Waals surface area contributed by atoms with E-state index in [9.17, 15) is 9.59 Å². The molecule has 0 rings (SSSR count). The molecular weight excluding hydrogens is 308 g/mol. The van der Waals surface area contributed by atoms with E-state index in [0.717, 1.165) is 0 Å². The highest BCUT2D eigenvalue weighted by molar-refractivity contribution is 9.24. The van der Waals surface area contributed by atoms with E-state index in [2.05, 4.69) is 31.9 Å². The van der Waals surface area contributed by atoms with Crippen molar-refractivity contribution in [2.75, 3.05) is 0 Å². The summed E-state index contributed by atoms with van der Waals surface area (Å²) in [4.78, 5) is 21.6. The molecule has 0 aliphatic rings. The van der Waals surface area contributed by atoms with E-state index in [1.165, 1.54) is 0 Å². The molecule has 0 spiro atoms. The van der Waals surface area contributed by atoms with Crippen molar-refractivity contribution >= 4 is 43.8 Å². The van der Waals surface area contributed by atoms with Crippen molar-refractivity contribution in [3.05, 3.63) is 0 Å². The molecule has 0 unspecified atom stereocenters. The lowest BCUT2D eigenvalue weighted by Gasteiger charge is -2.23. The minimum Gasteiger partial charge on any atom is -0.480 e. The van der Waals surface area contributed by atoms with Gasteiger partial charge in [-0.2, -0.15) is 0 Å². The van der Waals surface area contributed by atoms with Crippen LogP contribution in [0.5, 0.6) is 0 Å². The van der Waals surface area contributed by atoms with Gasteiger partial charge in [0.25, 0.3) is 0 Å². The van der Waals surface area contributed by atoms with Crippen molar-refractivity contribution in [2.45, 2.75) is 23.5 Å². The van der Waals surface area contributed by atoms with E-state index in [4.69, 9.17) is 10.2 Å². The number of hydrogen-bond donors (Lipinski definition) is 2. The van der Waals surface area contributed by atoms with Gasteiger partial charge in [0.1, 0.15) is 0 Å². The highest BCUT2D eigenvalue weighted by atomic mass is 79.9. The van der Waals surface area contributed by atoms with E-state index in [1.54, 1.807) is 6.92 Å². The predicted molar refractivity (Wildman–Crippen MR) is 54.3 cm³/mol. The molecule has 0 amide bonds. The van der Waals surface area contributed by atoms with Crippen LogP contribution in [0.2, 0.25) is 0 Å². The molecule has 2 N–H and O–H groups in total. The maximum absolute atomic E-state index is 10.8. The highest BCUT2D eigenvalue weighted by Gasteiger charge is 2.45. The average Bonchev–Trinajstić information content (AvgIpc) is 1.98. The van der Waals surface area contributed by atoms with Gasteiger partial charge in [-0.05, 0) is 12.8 Å². The van der Waals surface area contributed by atoms with Crippen LogP contribution in [0.4, 0.5) is 0 Å². The zero-order chi connectivity index (χ0) is 10.6. The highest BCUT2D eigenvalue weighted by Crippen LogP contribution is 2.33. The van der Waals surface area contributed by atoms with Gasteiger partial charge >= 0.3 is 11.9 Å². The fourth-order valence-electron chi connectivity index (χ4n) is 0.976. The van der Waals surface area contributed by atoms with Crippen molar-refractivity contribution in [1.29, 1.82) is 0 Å². The van der Waals surface area contributed by atoms with E-state index in [0.29, 0.717) is 0 Å². The van der Waals surface area contributed by atoms with Gasteiger partial charge in [0.15, 0.2) is 5.41 Å². The molecule has 76 valence electrons. The lowest BCUT2D eigenvalue weighted by Crippen LogP contribution is -2.40. The second-order valence-electron chi connectivity index (χ2n) is 2.64. The molecule has 0 aliphatic carbocycles. The number of carboxylic acids is 2. The number of alkyl halides is 2. The molecule has 0 aromatic heterocycles. The number of carbonyl (C=O) groups is 2. The number of hydrogen-bond acceptors (Lipinski definition) is 2. The topological polar surface area (TPSA) is 74.6 Å². The lowest BCUT2D eigenvalue weighted by molar-refractivity contribution is -0.165. The molecule has 13 heavy (non-hydrogen) atoms. The second-order valence-corrected chi connectivity index (χ2v) is 6.08. The predicted octanol–water partition coefficient (Wildman–Crippen LogP) is 2.06. The molecular formula is C7H10Br2O4. The molecule has 0 aliphatic heterocycles. The minimum absolute atomic E-state index is 0.00810. The molecule has 0 atom stereocenters. The Bertz CT molecular complexity index is 201. The lowest BCUT2D eigenvalue weighted by atomic mass is 9.83. The molecule has 0 bridgehead atoms. The van der Waals surface area contributed by atoms with E-state index < -0.39 is 17.4 Å². The first kappa shape index (κ1) is 12.9. The largest absolute Gasteiger partial charge is 0.480 e. The first-order valence-corrected chi connectivity index (χ1v) is 5.45. The van der Waals surface area contributed by atoms with Crippen LogP contribution in [0, 0.1) is 5.41 Å². The summed E-state index contributed by atoms with van der Waals surface area (Å²) in [5.74, 6) is -2.60. The maximum atomic E-state index is 10.8. The summed E-state index contributed by atoms with van der Waals surface area (Å²) in [6, 6.07) is 0. The minimum atomic E-state index is -1.70. The Labute approximate surface area is 92.6 Å². The van der Waals surface area contributed by atoms with Gasteiger partial charge in [0.05, 0.1) is 3.74 Å². The van der Waals surface area contributed by atoms with Crippen LogP contribution in [0.3, 0.4) is 0 Å². The molecule has 0 saturated heterocycles. The number of halogens is 2. The summed E-state index contributed by atoms with van der Waals surface area (Å²) >= 11 is 6.16. The number of rotatable bonds is 5. The molecule has 0 fully saturated rings. The van der Waals surface area contributed by atoms with Gasteiger partial charge in [-0.25, -0.2) is 0 Å². The summed E-state index contributed by atoms with van der Waals surface area (Å²) in [6.07, 6.45) is 0.0690. The van der Waals surface area contributed by atoms with Gasteiger partial charge in [-0.1, -0.05) is 38.8 Å². The Morgan fingerprint density at radius 1 is 1.31 bits per heavy atom.